The van der Waals surface area contributed by atoms with Crippen LogP contribution in [-0.2, 0) is 13.1 Å². The second-order valence-electron chi connectivity index (χ2n) is 4.15. The first-order valence-electron chi connectivity index (χ1n) is 5.71. The van der Waals surface area contributed by atoms with Gasteiger partial charge in [0, 0.05) is 34.4 Å². The Balaban J connectivity index is 1.92. The lowest BCUT2D eigenvalue weighted by Crippen LogP contribution is -2.13. The van der Waals surface area contributed by atoms with Crippen molar-refractivity contribution >= 4 is 31.9 Å². The number of hydrogen-bond acceptors (Lipinski definition) is 2. The summed E-state index contributed by atoms with van der Waals surface area (Å²) in [5.74, 6) is 0. The van der Waals surface area contributed by atoms with E-state index in [-0.39, 0.29) is 0 Å². The molecular formula is C14H14Br2N2. The van der Waals surface area contributed by atoms with E-state index in [1.165, 1.54) is 16.7 Å². The minimum Gasteiger partial charge on any atom is -0.309 e. The van der Waals surface area contributed by atoms with Crippen molar-refractivity contribution in [2.24, 2.45) is 0 Å². The summed E-state index contributed by atoms with van der Waals surface area (Å²) in [6.45, 7) is 3.80. The summed E-state index contributed by atoms with van der Waals surface area (Å²) in [5, 5.41) is 3.44. The fourth-order valence-electron chi connectivity index (χ4n) is 1.69. The monoisotopic (exact) mass is 368 g/mol. The van der Waals surface area contributed by atoms with Gasteiger partial charge in [-0.3, -0.25) is 4.98 Å². The van der Waals surface area contributed by atoms with Crippen molar-refractivity contribution in [3.8, 4) is 0 Å². The number of aromatic nitrogens is 1. The van der Waals surface area contributed by atoms with Crippen LogP contribution in [0.5, 0.6) is 0 Å². The highest BCUT2D eigenvalue weighted by atomic mass is 79.9. The van der Waals surface area contributed by atoms with Crippen LogP contribution in [0.4, 0.5) is 0 Å². The van der Waals surface area contributed by atoms with E-state index in [9.17, 15) is 0 Å². The molecule has 2 nitrogen and oxygen atoms in total. The lowest BCUT2D eigenvalue weighted by atomic mass is 10.1. The Morgan fingerprint density at radius 3 is 2.67 bits per heavy atom. The molecule has 0 fully saturated rings. The van der Waals surface area contributed by atoms with Crippen molar-refractivity contribution in [2.75, 3.05) is 0 Å². The molecule has 2 aromatic rings. The van der Waals surface area contributed by atoms with Crippen LogP contribution in [0, 0.1) is 6.92 Å². The van der Waals surface area contributed by atoms with Crippen LogP contribution >= 0.6 is 31.9 Å². The third-order valence-electron chi connectivity index (χ3n) is 2.77. The molecule has 1 aromatic heterocycles. The molecule has 0 bridgehead atoms. The maximum absolute atomic E-state index is 4.09. The van der Waals surface area contributed by atoms with E-state index >= 15 is 0 Å². The Morgan fingerprint density at radius 2 is 1.94 bits per heavy atom. The van der Waals surface area contributed by atoms with Crippen molar-refractivity contribution in [1.82, 2.24) is 10.3 Å². The summed E-state index contributed by atoms with van der Waals surface area (Å²) in [4.78, 5) is 4.09. The molecule has 94 valence electrons. The van der Waals surface area contributed by atoms with Gasteiger partial charge >= 0.3 is 0 Å². The first-order chi connectivity index (χ1) is 8.66. The van der Waals surface area contributed by atoms with Gasteiger partial charge in [-0.2, -0.15) is 0 Å². The molecule has 0 saturated heterocycles. The predicted octanol–water partition coefficient (Wildman–Crippen LogP) is 4.20. The molecule has 1 aromatic carbocycles. The van der Waals surface area contributed by atoms with E-state index in [1.54, 1.807) is 0 Å². The molecular weight excluding hydrogens is 356 g/mol. The molecule has 0 unspecified atom stereocenters. The van der Waals surface area contributed by atoms with Crippen molar-refractivity contribution < 1.29 is 0 Å². The molecule has 0 aliphatic carbocycles. The van der Waals surface area contributed by atoms with Gasteiger partial charge in [0.2, 0.25) is 0 Å². The largest absolute Gasteiger partial charge is 0.309 e. The molecule has 2 rings (SSSR count). The van der Waals surface area contributed by atoms with Crippen molar-refractivity contribution in [2.45, 2.75) is 20.0 Å². The van der Waals surface area contributed by atoms with E-state index in [4.69, 9.17) is 0 Å². The molecule has 0 atom stereocenters. The van der Waals surface area contributed by atoms with Crippen LogP contribution in [0.1, 0.15) is 16.7 Å². The van der Waals surface area contributed by atoms with Gasteiger partial charge in [-0.1, -0.05) is 6.07 Å². The minimum atomic E-state index is 0.855. The predicted molar refractivity (Wildman–Crippen MR) is 81.4 cm³/mol. The molecule has 1 N–H and O–H groups in total. The zero-order valence-corrected chi connectivity index (χ0v) is 13.3. The third-order valence-corrected chi connectivity index (χ3v) is 4.64. The second kappa shape index (κ2) is 6.45. The number of halogens is 2. The van der Waals surface area contributed by atoms with Crippen LogP contribution < -0.4 is 5.32 Å². The maximum Gasteiger partial charge on any atom is 0.0320 e. The lowest BCUT2D eigenvalue weighted by Gasteiger charge is -2.08. The van der Waals surface area contributed by atoms with E-state index in [1.807, 2.05) is 12.4 Å². The molecule has 0 radical (unpaired) electrons. The summed E-state index contributed by atoms with van der Waals surface area (Å²) in [7, 11) is 0. The highest BCUT2D eigenvalue weighted by Crippen LogP contribution is 2.23. The Morgan fingerprint density at radius 1 is 1.11 bits per heavy atom. The van der Waals surface area contributed by atoms with E-state index in [0.717, 1.165) is 22.0 Å². The van der Waals surface area contributed by atoms with Crippen molar-refractivity contribution in [3.63, 3.8) is 0 Å². The van der Waals surface area contributed by atoms with Crippen LogP contribution in [-0.4, -0.2) is 4.98 Å². The summed E-state index contributed by atoms with van der Waals surface area (Å²) in [6.07, 6.45) is 3.73. The van der Waals surface area contributed by atoms with Crippen LogP contribution in [0.15, 0.2) is 45.6 Å². The first kappa shape index (κ1) is 13.7. The number of hydrogen-bond donors (Lipinski definition) is 1. The second-order valence-corrected chi connectivity index (χ2v) is 5.86. The molecule has 0 amide bonds. The van der Waals surface area contributed by atoms with Crippen LogP contribution in [0.2, 0.25) is 0 Å². The first-order valence-corrected chi connectivity index (χ1v) is 7.29. The lowest BCUT2D eigenvalue weighted by molar-refractivity contribution is 0.689. The zero-order chi connectivity index (χ0) is 13.0. The van der Waals surface area contributed by atoms with Crippen molar-refractivity contribution in [3.05, 3.63) is 62.3 Å². The number of pyridine rings is 1. The SMILES string of the molecule is Cc1cnccc1CNCc1ccc(Br)c(Br)c1. The maximum atomic E-state index is 4.09. The van der Waals surface area contributed by atoms with Crippen LogP contribution in [0.25, 0.3) is 0 Å². The summed E-state index contributed by atoms with van der Waals surface area (Å²) >= 11 is 6.98. The van der Waals surface area contributed by atoms with Crippen molar-refractivity contribution in [1.29, 1.82) is 0 Å². The molecule has 0 aliphatic rings. The fourth-order valence-corrected chi connectivity index (χ4v) is 2.36. The number of aryl methyl sites for hydroxylation is 1. The van der Waals surface area contributed by atoms with Gasteiger partial charge in [0.05, 0.1) is 0 Å². The fraction of sp³-hybridized carbons (Fsp3) is 0.214. The van der Waals surface area contributed by atoms with E-state index in [2.05, 4.69) is 73.3 Å². The molecule has 1 heterocycles. The molecule has 4 heteroatoms. The van der Waals surface area contributed by atoms with Gasteiger partial charge < -0.3 is 5.32 Å². The van der Waals surface area contributed by atoms with Gasteiger partial charge in [0.15, 0.2) is 0 Å². The van der Waals surface area contributed by atoms with E-state index in [0.29, 0.717) is 0 Å². The number of nitrogens with zero attached hydrogens (tertiary/aromatic N) is 1. The molecule has 0 aliphatic heterocycles. The number of rotatable bonds is 4. The summed E-state index contributed by atoms with van der Waals surface area (Å²) < 4.78 is 2.16. The molecule has 0 spiro atoms. The normalized spacial score (nSPS) is 10.6. The standard InChI is InChI=1S/C14H14Br2N2/c1-10-7-17-5-4-12(10)9-18-8-11-2-3-13(15)14(16)6-11/h2-7,18H,8-9H2,1H3. The Hall–Kier alpha value is -0.710. The van der Waals surface area contributed by atoms with Gasteiger partial charge in [-0.15, -0.1) is 0 Å². The van der Waals surface area contributed by atoms with Crippen LogP contribution in [0.3, 0.4) is 0 Å². The van der Waals surface area contributed by atoms with Gasteiger partial charge in [0.1, 0.15) is 0 Å². The summed E-state index contributed by atoms with van der Waals surface area (Å²) in [5.41, 5.74) is 3.78. The Labute approximate surface area is 124 Å². The zero-order valence-electron chi connectivity index (χ0n) is 10.1. The number of nitrogens with one attached hydrogen (secondary N) is 1. The smallest absolute Gasteiger partial charge is 0.0320 e. The highest BCUT2D eigenvalue weighted by Gasteiger charge is 2.00. The van der Waals surface area contributed by atoms with Gasteiger partial charge in [0.25, 0.3) is 0 Å². The topological polar surface area (TPSA) is 24.9 Å². The molecule has 0 saturated carbocycles. The number of benzene rings is 1. The average Bonchev–Trinajstić information content (AvgIpc) is 2.36. The average molecular weight is 370 g/mol. The Kier molecular flexibility index (Phi) is 4.92. The summed E-state index contributed by atoms with van der Waals surface area (Å²) in [6, 6.07) is 8.34. The minimum absolute atomic E-state index is 0.855. The van der Waals surface area contributed by atoms with Gasteiger partial charge in [-0.25, -0.2) is 0 Å². The van der Waals surface area contributed by atoms with Gasteiger partial charge in [-0.05, 0) is 73.7 Å². The quantitative estimate of drug-likeness (QED) is 0.873. The Bertz CT molecular complexity index is 541. The third kappa shape index (κ3) is 3.64. The molecule has 18 heavy (non-hydrogen) atoms. The van der Waals surface area contributed by atoms with E-state index < -0.39 is 0 Å². The highest BCUT2D eigenvalue weighted by molar-refractivity contribution is 9.13.